The molecule has 0 aromatic carbocycles. The molecule has 4 heterocycles. The van der Waals surface area contributed by atoms with Gasteiger partial charge in [0.1, 0.15) is 39.9 Å². The van der Waals surface area contributed by atoms with E-state index in [1.807, 2.05) is 0 Å². The van der Waals surface area contributed by atoms with Crippen LogP contribution in [0.4, 0.5) is 0 Å². The third kappa shape index (κ3) is 10.7. The van der Waals surface area contributed by atoms with E-state index in [9.17, 15) is 33.6 Å². The fourth-order valence-electron chi connectivity index (χ4n) is 4.28. The summed E-state index contributed by atoms with van der Waals surface area (Å²) in [7, 11) is 0. The number of hydrogen-bond acceptors (Lipinski definition) is 14. The predicted octanol–water partition coefficient (Wildman–Crippen LogP) is 5.28. The number of nitrogens with zero attached hydrogens (tertiary/aromatic N) is 4. The summed E-state index contributed by atoms with van der Waals surface area (Å²) in [5.74, 6) is -4.82. The van der Waals surface area contributed by atoms with Crippen LogP contribution in [0, 0.1) is 6.92 Å². The second-order valence-electron chi connectivity index (χ2n) is 10.1. The molecule has 0 bridgehead atoms. The fraction of sp³-hybridized carbons (Fsp3) is 0.206. The first-order valence-electron chi connectivity index (χ1n) is 15.0. The summed E-state index contributed by atoms with van der Waals surface area (Å²) in [6.07, 6.45) is 0. The highest BCUT2D eigenvalue weighted by atomic mass is 35.5. The maximum absolute atomic E-state index is 12.0. The van der Waals surface area contributed by atoms with Gasteiger partial charge in [-0.3, -0.25) is 9.59 Å². The summed E-state index contributed by atoms with van der Waals surface area (Å²) in [5, 5.41) is 16.5. The van der Waals surface area contributed by atoms with Gasteiger partial charge in [-0.25, -0.2) is 43.9 Å². The van der Waals surface area contributed by atoms with Gasteiger partial charge in [-0.1, -0.05) is 0 Å². The van der Waals surface area contributed by atoms with Crippen LogP contribution in [0.25, 0.3) is 22.3 Å². The third-order valence-electron chi connectivity index (χ3n) is 6.39. The van der Waals surface area contributed by atoms with Gasteiger partial charge in [-0.2, -0.15) is 0 Å². The van der Waals surface area contributed by atoms with E-state index in [1.165, 1.54) is 42.5 Å². The van der Waals surface area contributed by atoms with Crippen molar-refractivity contribution in [3.05, 3.63) is 94.1 Å². The topological polar surface area (TPSA) is 239 Å². The Labute approximate surface area is 304 Å². The van der Waals surface area contributed by atoms with Crippen LogP contribution >= 0.6 is 23.2 Å². The molecule has 4 rings (SSSR count). The quantitative estimate of drug-likeness (QED) is 0.106. The Kier molecular flexibility index (Phi) is 14.1. The second-order valence-corrected chi connectivity index (χ2v) is 10.8. The number of hydrogen-bond donors (Lipinski definition) is 2. The molecule has 0 amide bonds. The molecule has 0 unspecified atom stereocenters. The molecule has 18 heteroatoms. The lowest BCUT2D eigenvalue weighted by molar-refractivity contribution is 0.0509. The molecule has 4 aromatic heterocycles. The first kappa shape index (κ1) is 40.3. The van der Waals surface area contributed by atoms with Crippen molar-refractivity contribution in [1.29, 1.82) is 0 Å². The van der Waals surface area contributed by atoms with Crippen molar-refractivity contribution in [3.8, 4) is 22.3 Å². The van der Waals surface area contributed by atoms with Gasteiger partial charge in [-0.05, 0) is 122 Å². The van der Waals surface area contributed by atoms with Crippen LogP contribution in [0.15, 0.2) is 48.5 Å². The zero-order valence-corrected chi connectivity index (χ0v) is 29.3. The Morgan fingerprint density at radius 1 is 0.481 bits per heavy atom. The van der Waals surface area contributed by atoms with E-state index in [1.54, 1.807) is 33.8 Å². The van der Waals surface area contributed by atoms with E-state index in [2.05, 4.69) is 19.9 Å². The number of carboxylic acid groups (broad SMARTS) is 2. The minimum absolute atomic E-state index is 0.0993. The van der Waals surface area contributed by atoms with Crippen LogP contribution in [0.2, 0.25) is 0 Å². The first-order valence-corrected chi connectivity index (χ1v) is 15.8. The lowest BCUT2D eigenvalue weighted by atomic mass is 10.0. The smallest absolute Gasteiger partial charge is 0.356 e. The molecule has 0 saturated carbocycles. The first-order chi connectivity index (χ1) is 24.6. The van der Waals surface area contributed by atoms with Gasteiger partial charge >= 0.3 is 29.8 Å². The Balaban J connectivity index is 0.000000284. The van der Waals surface area contributed by atoms with E-state index >= 15 is 0 Å². The highest BCUT2D eigenvalue weighted by Gasteiger charge is 2.20. The molecule has 0 saturated heterocycles. The highest BCUT2D eigenvalue weighted by Crippen LogP contribution is 2.26. The molecule has 0 aliphatic heterocycles. The van der Waals surface area contributed by atoms with Crippen molar-refractivity contribution >= 4 is 63.5 Å². The normalized spacial score (nSPS) is 10.3. The van der Waals surface area contributed by atoms with Gasteiger partial charge in [0.2, 0.25) is 0 Å². The molecule has 4 aromatic rings. The number of aryl methyl sites for hydroxylation is 1. The summed E-state index contributed by atoms with van der Waals surface area (Å²) in [6, 6.07) is 10.7. The largest absolute Gasteiger partial charge is 0.477 e. The zero-order valence-electron chi connectivity index (χ0n) is 27.8. The van der Waals surface area contributed by atoms with E-state index in [4.69, 9.17) is 47.6 Å². The van der Waals surface area contributed by atoms with Crippen LogP contribution < -0.4 is 0 Å². The van der Waals surface area contributed by atoms with Gasteiger partial charge in [-0.15, -0.1) is 0 Å². The number of halogens is 2. The Morgan fingerprint density at radius 3 is 1.06 bits per heavy atom. The predicted molar refractivity (Wildman–Crippen MR) is 182 cm³/mol. The molecule has 0 aliphatic rings. The number of carboxylic acids is 2. The summed E-state index contributed by atoms with van der Waals surface area (Å²) in [5.41, 5.74) is 0.267. The van der Waals surface area contributed by atoms with Crippen molar-refractivity contribution in [2.24, 2.45) is 0 Å². The number of esters is 3. The monoisotopic (exact) mass is 754 g/mol. The molecule has 0 aliphatic carbocycles. The summed E-state index contributed by atoms with van der Waals surface area (Å²) >= 11 is 11.0. The lowest BCUT2D eigenvalue weighted by Gasteiger charge is -2.09. The third-order valence-corrected chi connectivity index (χ3v) is 6.78. The van der Waals surface area contributed by atoms with E-state index in [0.717, 1.165) is 0 Å². The van der Waals surface area contributed by atoms with Crippen molar-refractivity contribution in [3.63, 3.8) is 0 Å². The van der Waals surface area contributed by atoms with Crippen molar-refractivity contribution in [2.45, 2.75) is 27.7 Å². The van der Waals surface area contributed by atoms with Crippen molar-refractivity contribution in [1.82, 2.24) is 19.9 Å². The Morgan fingerprint density at radius 2 is 0.750 bits per heavy atom. The molecule has 0 atom stereocenters. The van der Waals surface area contributed by atoms with Gasteiger partial charge in [0, 0.05) is 5.69 Å². The van der Waals surface area contributed by atoms with E-state index in [0.29, 0.717) is 16.8 Å². The standard InChI is InChI=1S/C18H14Cl2N2O6.C16H14N2O6/c1-3-27-17(25)13-7-9(5-11(21-13)15(19)23)10-6-12(16(20)24)22-14(8-10)18(26)28-4-2;1-3-24-16(23)13-7-10(6-12(18-13)15(21)22)9-4-8(2)17-11(5-9)14(19)20/h5-8H,3-4H2,1-2H3;4-7H,3H2,1-2H3,(H,19,20)(H,21,22). The average molecular weight is 756 g/mol. The summed E-state index contributed by atoms with van der Waals surface area (Å²) in [6.45, 7) is 6.77. The molecule has 52 heavy (non-hydrogen) atoms. The van der Waals surface area contributed by atoms with Crippen LogP contribution in [-0.4, -0.2) is 90.3 Å². The Bertz CT molecular complexity index is 2010. The fourth-order valence-corrected chi connectivity index (χ4v) is 4.47. The summed E-state index contributed by atoms with van der Waals surface area (Å²) in [4.78, 5) is 96.8. The van der Waals surface area contributed by atoms with Crippen molar-refractivity contribution in [2.75, 3.05) is 19.8 Å². The van der Waals surface area contributed by atoms with Crippen LogP contribution in [0.5, 0.6) is 0 Å². The zero-order chi connectivity index (χ0) is 38.7. The minimum atomic E-state index is -1.31. The number of pyridine rings is 4. The van der Waals surface area contributed by atoms with Gasteiger partial charge in [0.15, 0.2) is 0 Å². The van der Waals surface area contributed by atoms with E-state index in [-0.39, 0.29) is 70.8 Å². The molecular weight excluding hydrogens is 727 g/mol. The SMILES string of the molecule is CCOC(=O)c1cc(-c2cc(C(=O)Cl)nc(C(=O)OCC)c2)cc(C(=O)Cl)n1.CCOC(=O)c1cc(-c2cc(C)nc(C(=O)O)c2)cc(C(=O)O)n1. The molecule has 0 radical (unpaired) electrons. The van der Waals surface area contributed by atoms with E-state index < -0.39 is 40.3 Å². The molecule has 2 N–H and O–H groups in total. The molecular formula is C34H28Cl2N4O12. The lowest BCUT2D eigenvalue weighted by Crippen LogP contribution is -2.11. The molecule has 0 spiro atoms. The van der Waals surface area contributed by atoms with Crippen LogP contribution in [0.3, 0.4) is 0 Å². The number of ether oxygens (including phenoxy) is 3. The maximum atomic E-state index is 12.0. The minimum Gasteiger partial charge on any atom is -0.477 e. The second kappa shape index (κ2) is 18.2. The number of carbonyl (C=O) groups excluding carboxylic acids is 5. The summed E-state index contributed by atoms with van der Waals surface area (Å²) < 4.78 is 14.6. The Hall–Kier alpha value is -6.13. The van der Waals surface area contributed by atoms with Gasteiger partial charge < -0.3 is 24.4 Å². The number of aromatic nitrogens is 4. The molecule has 270 valence electrons. The average Bonchev–Trinajstić information content (AvgIpc) is 3.11. The van der Waals surface area contributed by atoms with Crippen LogP contribution in [-0.2, 0) is 14.2 Å². The molecule has 16 nitrogen and oxygen atoms in total. The van der Waals surface area contributed by atoms with Crippen LogP contribution in [0.1, 0.15) is 99.9 Å². The number of aromatic carboxylic acids is 2. The molecule has 0 fully saturated rings. The maximum Gasteiger partial charge on any atom is 0.356 e. The van der Waals surface area contributed by atoms with Gasteiger partial charge in [0.25, 0.3) is 10.5 Å². The highest BCUT2D eigenvalue weighted by molar-refractivity contribution is 6.67. The number of carbonyl (C=O) groups is 7. The number of rotatable bonds is 12. The van der Waals surface area contributed by atoms with Gasteiger partial charge in [0.05, 0.1) is 19.8 Å². The van der Waals surface area contributed by atoms with Crippen molar-refractivity contribution < 1.29 is 58.0 Å².